The van der Waals surface area contributed by atoms with Crippen LogP contribution in [0.3, 0.4) is 0 Å². The Morgan fingerprint density at radius 1 is 0.895 bits per heavy atom. The molecule has 1 saturated heterocycles. The Hall–Kier alpha value is -2.66. The van der Waals surface area contributed by atoms with Gasteiger partial charge in [0.15, 0.2) is 6.61 Å². The summed E-state index contributed by atoms with van der Waals surface area (Å²) >= 11 is 0. The molecule has 5 unspecified atom stereocenters. The third-order valence-corrected chi connectivity index (χ3v) is 6.72. The van der Waals surface area contributed by atoms with Crippen molar-refractivity contribution in [2.45, 2.75) is 90.8 Å². The van der Waals surface area contributed by atoms with Gasteiger partial charge in [0, 0.05) is 31.3 Å². The van der Waals surface area contributed by atoms with E-state index in [4.69, 9.17) is 28.4 Å². The zero-order chi connectivity index (χ0) is 28.3. The molecular weight excluding hydrogens is 500 g/mol. The van der Waals surface area contributed by atoms with Crippen molar-refractivity contribution in [3.8, 4) is 0 Å². The van der Waals surface area contributed by atoms with E-state index in [2.05, 4.69) is 0 Å². The van der Waals surface area contributed by atoms with E-state index in [9.17, 15) is 24.3 Å². The molecule has 0 radical (unpaired) electrons. The SMILES string of the molecule is CC(C)CC(=O)OCC(=O)OCC1=COC(OC(=O)CC(C)C)C2C1(O)CC(OC(=O)CC(C)C)C21CO1. The number of rotatable bonds is 12. The van der Waals surface area contributed by atoms with Crippen molar-refractivity contribution in [3.63, 3.8) is 0 Å². The van der Waals surface area contributed by atoms with Crippen LogP contribution < -0.4 is 0 Å². The average Bonchev–Trinajstić information content (AvgIpc) is 3.51. The van der Waals surface area contributed by atoms with Crippen molar-refractivity contribution in [3.05, 3.63) is 11.8 Å². The molecule has 0 bridgehead atoms. The van der Waals surface area contributed by atoms with Crippen molar-refractivity contribution >= 4 is 23.9 Å². The van der Waals surface area contributed by atoms with Crippen molar-refractivity contribution in [1.29, 1.82) is 0 Å². The molecule has 0 aromatic carbocycles. The van der Waals surface area contributed by atoms with Gasteiger partial charge in [-0.05, 0) is 17.8 Å². The average molecular weight is 541 g/mol. The van der Waals surface area contributed by atoms with Gasteiger partial charge in [-0.25, -0.2) is 4.79 Å². The first-order valence-corrected chi connectivity index (χ1v) is 13.2. The van der Waals surface area contributed by atoms with Crippen LogP contribution >= 0.6 is 0 Å². The Kier molecular flexibility index (Phi) is 9.46. The number of epoxide rings is 1. The number of carbonyl (C=O) groups excluding carboxylic acids is 4. The van der Waals surface area contributed by atoms with Gasteiger partial charge < -0.3 is 33.5 Å². The maximum absolute atomic E-state index is 12.5. The Labute approximate surface area is 223 Å². The summed E-state index contributed by atoms with van der Waals surface area (Å²) in [4.78, 5) is 48.9. The molecule has 38 heavy (non-hydrogen) atoms. The molecule has 11 heteroatoms. The first-order valence-electron chi connectivity index (χ1n) is 13.2. The number of ether oxygens (including phenoxy) is 6. The normalized spacial score (nSPS) is 29.5. The minimum atomic E-state index is -1.71. The molecule has 0 aromatic rings. The van der Waals surface area contributed by atoms with E-state index in [0.717, 1.165) is 0 Å². The second-order valence-electron chi connectivity index (χ2n) is 11.6. The van der Waals surface area contributed by atoms with Crippen molar-refractivity contribution in [2.24, 2.45) is 23.7 Å². The van der Waals surface area contributed by atoms with Gasteiger partial charge in [-0.2, -0.15) is 0 Å². The lowest BCUT2D eigenvalue weighted by Gasteiger charge is -2.40. The summed E-state index contributed by atoms with van der Waals surface area (Å²) in [7, 11) is 0. The summed E-state index contributed by atoms with van der Waals surface area (Å²) in [6.45, 7) is 10.5. The first-order chi connectivity index (χ1) is 17.8. The highest BCUT2D eigenvalue weighted by atomic mass is 16.7. The Balaban J connectivity index is 1.76. The minimum Gasteiger partial charge on any atom is -0.462 e. The van der Waals surface area contributed by atoms with Crippen LogP contribution in [0.25, 0.3) is 0 Å². The van der Waals surface area contributed by atoms with Crippen LogP contribution in [0.4, 0.5) is 0 Å². The van der Waals surface area contributed by atoms with Crippen LogP contribution in [0.1, 0.15) is 67.2 Å². The van der Waals surface area contributed by atoms with Crippen LogP contribution in [-0.2, 0) is 47.6 Å². The highest BCUT2D eigenvalue weighted by Crippen LogP contribution is 2.59. The molecule has 3 aliphatic rings. The Morgan fingerprint density at radius 3 is 2.00 bits per heavy atom. The summed E-state index contributed by atoms with van der Waals surface area (Å²) in [6.07, 6.45) is -0.369. The first kappa shape index (κ1) is 29.9. The molecule has 2 aliphatic heterocycles. The number of esters is 4. The zero-order valence-corrected chi connectivity index (χ0v) is 23.0. The molecule has 1 N–H and O–H groups in total. The molecule has 1 aliphatic carbocycles. The summed E-state index contributed by atoms with van der Waals surface area (Å²) in [6, 6.07) is 0. The molecule has 3 rings (SSSR count). The van der Waals surface area contributed by atoms with Crippen molar-refractivity contribution in [2.75, 3.05) is 19.8 Å². The lowest BCUT2D eigenvalue weighted by atomic mass is 9.79. The minimum absolute atomic E-state index is 0.0459. The van der Waals surface area contributed by atoms with Crippen molar-refractivity contribution in [1.82, 2.24) is 0 Å². The second kappa shape index (κ2) is 12.0. The van der Waals surface area contributed by atoms with Crippen LogP contribution in [-0.4, -0.2) is 72.4 Å². The van der Waals surface area contributed by atoms with E-state index in [1.165, 1.54) is 6.26 Å². The molecule has 1 saturated carbocycles. The summed E-state index contributed by atoms with van der Waals surface area (Å²) in [5.74, 6) is -2.98. The molecular formula is C27H40O11. The molecule has 2 fully saturated rings. The fourth-order valence-corrected chi connectivity index (χ4v) is 4.93. The predicted molar refractivity (Wildman–Crippen MR) is 131 cm³/mol. The topological polar surface area (TPSA) is 147 Å². The number of fused-ring (bicyclic) bond motifs is 2. The maximum atomic E-state index is 12.5. The molecule has 0 aromatic heterocycles. The lowest BCUT2D eigenvalue weighted by Crippen LogP contribution is -2.53. The molecule has 214 valence electrons. The van der Waals surface area contributed by atoms with E-state index >= 15 is 0 Å². The lowest BCUT2D eigenvalue weighted by molar-refractivity contribution is -0.208. The number of carbonyl (C=O) groups is 4. The smallest absolute Gasteiger partial charge is 0.344 e. The zero-order valence-electron chi connectivity index (χ0n) is 23.0. The third-order valence-electron chi connectivity index (χ3n) is 6.72. The number of aliphatic hydroxyl groups is 1. The van der Waals surface area contributed by atoms with Gasteiger partial charge in [0.1, 0.15) is 29.8 Å². The highest BCUT2D eigenvalue weighted by molar-refractivity contribution is 5.76. The van der Waals surface area contributed by atoms with Crippen LogP contribution in [0.5, 0.6) is 0 Å². The fraction of sp³-hybridized carbons (Fsp3) is 0.778. The Bertz CT molecular complexity index is 933. The quantitative estimate of drug-likeness (QED) is 0.221. The van der Waals surface area contributed by atoms with Gasteiger partial charge >= 0.3 is 23.9 Å². The van der Waals surface area contributed by atoms with Crippen molar-refractivity contribution < 1.29 is 52.7 Å². The maximum Gasteiger partial charge on any atom is 0.344 e. The largest absolute Gasteiger partial charge is 0.462 e. The van der Waals surface area contributed by atoms with Gasteiger partial charge in [0.05, 0.1) is 12.9 Å². The number of hydrogen-bond donors (Lipinski definition) is 1. The summed E-state index contributed by atoms with van der Waals surface area (Å²) in [5, 5.41) is 11.9. The van der Waals surface area contributed by atoms with Gasteiger partial charge in [-0.15, -0.1) is 0 Å². The van der Waals surface area contributed by atoms with Gasteiger partial charge in [-0.1, -0.05) is 41.5 Å². The monoisotopic (exact) mass is 540 g/mol. The van der Waals surface area contributed by atoms with E-state index in [1.807, 2.05) is 41.5 Å². The van der Waals surface area contributed by atoms with Gasteiger partial charge in [-0.3, -0.25) is 14.4 Å². The van der Waals surface area contributed by atoms with Gasteiger partial charge in [0.2, 0.25) is 0 Å². The standard InChI is InChI=1S/C27H40O11/c1-15(2)7-20(28)34-13-23(31)33-11-18-12-35-25(38-22(30)9-17(5)6)24-26(18,32)10-19(27(24)14-36-27)37-21(29)8-16(3)4/h12,15-17,19,24-25,32H,7-11,13-14H2,1-6H3. The number of hydrogen-bond acceptors (Lipinski definition) is 11. The Morgan fingerprint density at radius 2 is 1.45 bits per heavy atom. The van der Waals surface area contributed by atoms with E-state index in [0.29, 0.717) is 0 Å². The summed E-state index contributed by atoms with van der Waals surface area (Å²) in [5.41, 5.74) is -2.63. The predicted octanol–water partition coefficient (Wildman–Crippen LogP) is 2.43. The molecule has 1 spiro atoms. The molecule has 2 heterocycles. The highest BCUT2D eigenvalue weighted by Gasteiger charge is 2.76. The second-order valence-corrected chi connectivity index (χ2v) is 11.6. The van der Waals surface area contributed by atoms with Crippen LogP contribution in [0.15, 0.2) is 11.8 Å². The summed E-state index contributed by atoms with van der Waals surface area (Å²) < 4.78 is 33.0. The molecule has 11 nitrogen and oxygen atoms in total. The molecule has 5 atom stereocenters. The van der Waals surface area contributed by atoms with E-state index in [1.54, 1.807) is 0 Å². The third kappa shape index (κ3) is 7.05. The van der Waals surface area contributed by atoms with E-state index in [-0.39, 0.29) is 62.2 Å². The van der Waals surface area contributed by atoms with Gasteiger partial charge in [0.25, 0.3) is 6.29 Å². The van der Waals surface area contributed by atoms with E-state index < -0.39 is 60.0 Å². The van der Waals surface area contributed by atoms with Crippen LogP contribution in [0, 0.1) is 23.7 Å². The fourth-order valence-electron chi connectivity index (χ4n) is 4.93. The molecule has 0 amide bonds. The van der Waals surface area contributed by atoms with Crippen LogP contribution in [0.2, 0.25) is 0 Å².